The van der Waals surface area contributed by atoms with Gasteiger partial charge < -0.3 is 10.2 Å². The summed E-state index contributed by atoms with van der Waals surface area (Å²) in [4.78, 5) is 33.0. The maximum atomic E-state index is 12.9. The molecule has 1 fully saturated rings. The first-order valence-electron chi connectivity index (χ1n) is 12.0. The van der Waals surface area contributed by atoms with Crippen molar-refractivity contribution in [2.45, 2.75) is 26.4 Å². The van der Waals surface area contributed by atoms with Gasteiger partial charge in [-0.3, -0.25) is 24.2 Å². The Hall–Kier alpha value is -3.78. The summed E-state index contributed by atoms with van der Waals surface area (Å²) in [5.41, 5.74) is 3.71. The van der Waals surface area contributed by atoms with Crippen LogP contribution in [0.3, 0.4) is 0 Å². The number of benzene rings is 1. The molecule has 3 aromatic rings. The zero-order chi connectivity index (χ0) is 24.6. The first kappa shape index (κ1) is 24.3. The summed E-state index contributed by atoms with van der Waals surface area (Å²) in [6, 6.07) is 14.1. The Morgan fingerprint density at radius 3 is 2.51 bits per heavy atom. The number of pyridine rings is 1. The van der Waals surface area contributed by atoms with Gasteiger partial charge in [0.25, 0.3) is 0 Å². The second-order valence-corrected chi connectivity index (χ2v) is 9.01. The van der Waals surface area contributed by atoms with E-state index >= 15 is 0 Å². The minimum Gasteiger partial charge on any atom is -0.353 e. The van der Waals surface area contributed by atoms with Crippen LogP contribution in [-0.2, 0) is 16.1 Å². The highest BCUT2D eigenvalue weighted by Crippen LogP contribution is 2.23. The Balaban J connectivity index is 1.42. The molecule has 0 atom stereocenters. The second kappa shape index (κ2) is 11.6. The number of carbonyl (C=O) groups is 2. The smallest absolute Gasteiger partial charge is 0.246 e. The number of aromatic nitrogens is 3. The molecule has 35 heavy (non-hydrogen) atoms. The minimum atomic E-state index is -0.0378. The van der Waals surface area contributed by atoms with Crippen molar-refractivity contribution in [3.05, 3.63) is 78.3 Å². The van der Waals surface area contributed by atoms with Gasteiger partial charge in [-0.05, 0) is 37.6 Å². The summed E-state index contributed by atoms with van der Waals surface area (Å²) in [5.74, 6) is -0.0145. The molecule has 2 aromatic heterocycles. The number of hydrogen-bond acceptors (Lipinski definition) is 5. The Morgan fingerprint density at radius 2 is 1.83 bits per heavy atom. The van der Waals surface area contributed by atoms with Gasteiger partial charge in [-0.2, -0.15) is 5.10 Å². The molecule has 1 aromatic carbocycles. The minimum absolute atomic E-state index is 0.0233. The van der Waals surface area contributed by atoms with Crippen LogP contribution < -0.4 is 5.32 Å². The van der Waals surface area contributed by atoms with Gasteiger partial charge in [0.15, 0.2) is 0 Å². The van der Waals surface area contributed by atoms with Gasteiger partial charge in [0.05, 0.1) is 13.1 Å². The molecule has 0 unspecified atom stereocenters. The van der Waals surface area contributed by atoms with Crippen LogP contribution in [0.1, 0.15) is 25.0 Å². The van der Waals surface area contributed by atoms with Gasteiger partial charge in [-0.25, -0.2) is 0 Å². The number of carbonyl (C=O) groups excluding carboxylic acids is 2. The molecule has 4 rings (SSSR count). The largest absolute Gasteiger partial charge is 0.353 e. The molecule has 1 aliphatic rings. The van der Waals surface area contributed by atoms with Crippen LogP contribution in [0.25, 0.3) is 17.3 Å². The Morgan fingerprint density at radius 1 is 1.06 bits per heavy atom. The van der Waals surface area contributed by atoms with E-state index in [1.807, 2.05) is 66.0 Å². The normalized spacial score (nSPS) is 14.5. The topological polar surface area (TPSA) is 83.4 Å². The van der Waals surface area contributed by atoms with E-state index in [4.69, 9.17) is 5.10 Å². The maximum absolute atomic E-state index is 12.9. The molecule has 8 nitrogen and oxygen atoms in total. The van der Waals surface area contributed by atoms with E-state index in [0.29, 0.717) is 39.3 Å². The third kappa shape index (κ3) is 6.86. The Bertz CT molecular complexity index is 1150. The first-order valence-corrected chi connectivity index (χ1v) is 12.0. The highest BCUT2D eigenvalue weighted by Gasteiger charge is 2.21. The third-order valence-electron chi connectivity index (χ3n) is 5.82. The van der Waals surface area contributed by atoms with Crippen LogP contribution in [-0.4, -0.2) is 75.1 Å². The van der Waals surface area contributed by atoms with E-state index in [0.717, 1.165) is 22.4 Å². The van der Waals surface area contributed by atoms with Crippen LogP contribution >= 0.6 is 0 Å². The predicted octanol–water partition coefficient (Wildman–Crippen LogP) is 2.68. The molecule has 8 heteroatoms. The summed E-state index contributed by atoms with van der Waals surface area (Å²) in [6.45, 7) is 7.47. The van der Waals surface area contributed by atoms with Gasteiger partial charge in [0, 0.05) is 68.0 Å². The summed E-state index contributed by atoms with van der Waals surface area (Å²) in [6.07, 6.45) is 8.93. The Labute approximate surface area is 206 Å². The molecule has 1 aliphatic heterocycles. The zero-order valence-corrected chi connectivity index (χ0v) is 20.3. The molecule has 0 bridgehead atoms. The molecule has 2 amide bonds. The number of piperazine rings is 1. The molecular weight excluding hydrogens is 440 g/mol. The molecule has 3 heterocycles. The average molecular weight is 473 g/mol. The van der Waals surface area contributed by atoms with Crippen molar-refractivity contribution in [3.8, 4) is 11.3 Å². The fourth-order valence-electron chi connectivity index (χ4n) is 4.10. The van der Waals surface area contributed by atoms with E-state index in [1.165, 1.54) is 0 Å². The van der Waals surface area contributed by atoms with Gasteiger partial charge in [0.2, 0.25) is 11.8 Å². The molecular formula is C27H32N6O2. The van der Waals surface area contributed by atoms with Gasteiger partial charge >= 0.3 is 0 Å². The van der Waals surface area contributed by atoms with Crippen molar-refractivity contribution in [1.29, 1.82) is 0 Å². The highest BCUT2D eigenvalue weighted by molar-refractivity contribution is 5.93. The van der Waals surface area contributed by atoms with Crippen molar-refractivity contribution in [2.75, 3.05) is 32.7 Å². The lowest BCUT2D eigenvalue weighted by molar-refractivity contribution is -0.128. The van der Waals surface area contributed by atoms with Crippen LogP contribution in [0.4, 0.5) is 0 Å². The van der Waals surface area contributed by atoms with E-state index < -0.39 is 0 Å². The van der Waals surface area contributed by atoms with E-state index in [1.54, 1.807) is 18.5 Å². The van der Waals surface area contributed by atoms with E-state index in [2.05, 4.69) is 27.3 Å². The summed E-state index contributed by atoms with van der Waals surface area (Å²) < 4.78 is 1.89. The van der Waals surface area contributed by atoms with Crippen molar-refractivity contribution in [3.63, 3.8) is 0 Å². The number of nitrogens with zero attached hydrogens (tertiary/aromatic N) is 5. The fraction of sp³-hybridized carbons (Fsp3) is 0.333. The van der Waals surface area contributed by atoms with Crippen molar-refractivity contribution in [2.24, 2.45) is 0 Å². The monoisotopic (exact) mass is 472 g/mol. The van der Waals surface area contributed by atoms with Gasteiger partial charge in [-0.15, -0.1) is 0 Å². The number of rotatable bonds is 8. The Kier molecular flexibility index (Phi) is 8.05. The average Bonchev–Trinajstić information content (AvgIpc) is 3.26. The number of amides is 2. The van der Waals surface area contributed by atoms with Gasteiger partial charge in [-0.1, -0.05) is 30.3 Å². The third-order valence-corrected chi connectivity index (χ3v) is 5.82. The summed E-state index contributed by atoms with van der Waals surface area (Å²) in [5, 5.41) is 7.69. The molecule has 0 saturated carbocycles. The van der Waals surface area contributed by atoms with E-state index in [9.17, 15) is 9.59 Å². The predicted molar refractivity (Wildman–Crippen MR) is 136 cm³/mol. The number of hydrogen-bond donors (Lipinski definition) is 1. The van der Waals surface area contributed by atoms with Crippen LogP contribution in [0, 0.1) is 0 Å². The van der Waals surface area contributed by atoms with Crippen LogP contribution in [0.5, 0.6) is 0 Å². The second-order valence-electron chi connectivity index (χ2n) is 9.01. The fourth-order valence-corrected chi connectivity index (χ4v) is 4.10. The zero-order valence-electron chi connectivity index (χ0n) is 20.3. The van der Waals surface area contributed by atoms with Crippen molar-refractivity contribution >= 4 is 17.9 Å². The van der Waals surface area contributed by atoms with Crippen molar-refractivity contribution in [1.82, 2.24) is 29.9 Å². The molecule has 0 aliphatic carbocycles. The molecule has 182 valence electrons. The van der Waals surface area contributed by atoms with Gasteiger partial charge in [0.1, 0.15) is 5.69 Å². The lowest BCUT2D eigenvalue weighted by Crippen LogP contribution is -2.51. The van der Waals surface area contributed by atoms with E-state index in [-0.39, 0.29) is 17.9 Å². The molecule has 1 saturated heterocycles. The standard InChI is InChI=1S/C27H32N6O2/c1-21(2)29-25(34)20-31-13-15-32(16-14-31)26(35)11-10-24-19-33(18-22-7-4-3-5-8-22)30-27(24)23-9-6-12-28-17-23/h3-12,17,19,21H,13-16,18,20H2,1-2H3,(H,29,34)/b11-10+. The maximum Gasteiger partial charge on any atom is 0.246 e. The van der Waals surface area contributed by atoms with Crippen molar-refractivity contribution < 1.29 is 9.59 Å². The lowest BCUT2D eigenvalue weighted by Gasteiger charge is -2.33. The van der Waals surface area contributed by atoms with Crippen LogP contribution in [0.2, 0.25) is 0 Å². The molecule has 1 N–H and O–H groups in total. The molecule has 0 spiro atoms. The lowest BCUT2D eigenvalue weighted by atomic mass is 10.1. The number of nitrogens with one attached hydrogen (secondary N) is 1. The summed E-state index contributed by atoms with van der Waals surface area (Å²) >= 11 is 0. The van der Waals surface area contributed by atoms with Crippen LogP contribution in [0.15, 0.2) is 67.1 Å². The SMILES string of the molecule is CC(C)NC(=O)CN1CCN(C(=O)/C=C/c2cn(Cc3ccccc3)nc2-c2cccnc2)CC1. The quantitative estimate of drug-likeness (QED) is 0.510. The molecule has 0 radical (unpaired) electrons. The highest BCUT2D eigenvalue weighted by atomic mass is 16.2. The first-order chi connectivity index (χ1) is 17.0. The summed E-state index contributed by atoms with van der Waals surface area (Å²) in [7, 11) is 0.